The minimum absolute atomic E-state index is 0.386. The largest absolute Gasteiger partial charge is 0.493 e. The minimum Gasteiger partial charge on any atom is -0.493 e. The van der Waals surface area contributed by atoms with Crippen LogP contribution in [0.2, 0.25) is 0 Å². The standard InChI is InChI=1S/C20H22O6/c1-11(21)26-16-8-12-6-7-13-9-17(23-3)19(24-4)20(25-5)18(13)14(12)10-15(16)22-2/h8-10H,6-7H2,1-5H3. The number of ether oxygens (including phenoxy) is 5. The van der Waals surface area contributed by atoms with Crippen LogP contribution in [0.3, 0.4) is 0 Å². The SMILES string of the molecule is COc1cc2c(cc1OC(C)=O)CCc1cc(OC)c(OC)c(OC)c1-2. The van der Waals surface area contributed by atoms with Crippen molar-refractivity contribution in [2.45, 2.75) is 19.8 Å². The smallest absolute Gasteiger partial charge is 0.308 e. The molecule has 0 aliphatic heterocycles. The van der Waals surface area contributed by atoms with E-state index in [0.29, 0.717) is 28.7 Å². The maximum atomic E-state index is 11.4. The predicted molar refractivity (Wildman–Crippen MR) is 96.8 cm³/mol. The summed E-state index contributed by atoms with van der Waals surface area (Å²) in [5.41, 5.74) is 4.07. The molecule has 0 spiro atoms. The van der Waals surface area contributed by atoms with Crippen molar-refractivity contribution in [2.24, 2.45) is 0 Å². The van der Waals surface area contributed by atoms with E-state index in [4.69, 9.17) is 23.7 Å². The molecule has 6 nitrogen and oxygen atoms in total. The molecule has 6 heteroatoms. The van der Waals surface area contributed by atoms with Crippen molar-refractivity contribution in [3.8, 4) is 39.9 Å². The first-order valence-electron chi connectivity index (χ1n) is 8.25. The topological polar surface area (TPSA) is 63.2 Å². The lowest BCUT2D eigenvalue weighted by molar-refractivity contribution is -0.132. The van der Waals surface area contributed by atoms with Crippen LogP contribution >= 0.6 is 0 Å². The first-order chi connectivity index (χ1) is 12.5. The number of methoxy groups -OCH3 is 4. The van der Waals surface area contributed by atoms with Crippen molar-refractivity contribution >= 4 is 5.97 Å². The Balaban J connectivity index is 2.26. The molecule has 0 unspecified atom stereocenters. The molecule has 2 aromatic rings. The van der Waals surface area contributed by atoms with E-state index < -0.39 is 0 Å². The van der Waals surface area contributed by atoms with Crippen molar-refractivity contribution in [2.75, 3.05) is 28.4 Å². The number of aryl methyl sites for hydroxylation is 2. The molecule has 0 heterocycles. The number of rotatable bonds is 5. The summed E-state index contributed by atoms with van der Waals surface area (Å²) in [6, 6.07) is 5.71. The predicted octanol–water partition coefficient (Wildman–Crippen LogP) is 3.41. The molecule has 0 fully saturated rings. The number of carbonyl (C=O) groups excluding carboxylic acids is 1. The van der Waals surface area contributed by atoms with Gasteiger partial charge in [-0.1, -0.05) is 0 Å². The van der Waals surface area contributed by atoms with E-state index in [-0.39, 0.29) is 5.97 Å². The number of benzene rings is 2. The number of esters is 1. The maximum Gasteiger partial charge on any atom is 0.308 e. The molecule has 0 saturated carbocycles. The normalized spacial score (nSPS) is 11.9. The highest BCUT2D eigenvalue weighted by atomic mass is 16.6. The number of hydrogen-bond acceptors (Lipinski definition) is 6. The highest BCUT2D eigenvalue weighted by Gasteiger charge is 2.28. The molecule has 0 amide bonds. The molecule has 138 valence electrons. The van der Waals surface area contributed by atoms with Gasteiger partial charge in [0.2, 0.25) is 5.75 Å². The first-order valence-corrected chi connectivity index (χ1v) is 8.25. The van der Waals surface area contributed by atoms with Gasteiger partial charge < -0.3 is 23.7 Å². The van der Waals surface area contributed by atoms with Gasteiger partial charge in [-0.3, -0.25) is 4.79 Å². The van der Waals surface area contributed by atoms with E-state index in [1.54, 1.807) is 28.4 Å². The van der Waals surface area contributed by atoms with Crippen molar-refractivity contribution in [1.82, 2.24) is 0 Å². The van der Waals surface area contributed by atoms with E-state index in [9.17, 15) is 4.79 Å². The quantitative estimate of drug-likeness (QED) is 0.603. The second-order valence-corrected chi connectivity index (χ2v) is 5.93. The molecular formula is C20H22O6. The molecule has 1 aliphatic rings. The molecule has 1 aliphatic carbocycles. The lowest BCUT2D eigenvalue weighted by atomic mass is 9.84. The van der Waals surface area contributed by atoms with E-state index in [1.165, 1.54) is 6.92 Å². The number of hydrogen-bond donors (Lipinski definition) is 0. The summed E-state index contributed by atoms with van der Waals surface area (Å²) in [6.45, 7) is 1.37. The van der Waals surface area contributed by atoms with Crippen LogP contribution in [-0.2, 0) is 17.6 Å². The van der Waals surface area contributed by atoms with E-state index >= 15 is 0 Å². The van der Waals surface area contributed by atoms with Gasteiger partial charge in [-0.25, -0.2) is 0 Å². The minimum atomic E-state index is -0.386. The van der Waals surface area contributed by atoms with Crippen LogP contribution in [-0.4, -0.2) is 34.4 Å². The van der Waals surface area contributed by atoms with Crippen LogP contribution in [0.25, 0.3) is 11.1 Å². The summed E-state index contributed by atoms with van der Waals surface area (Å²) in [5, 5.41) is 0. The Morgan fingerprint density at radius 3 is 1.96 bits per heavy atom. The van der Waals surface area contributed by atoms with Gasteiger partial charge in [0.15, 0.2) is 23.0 Å². The zero-order chi connectivity index (χ0) is 18.8. The molecule has 0 bridgehead atoms. The summed E-state index contributed by atoms with van der Waals surface area (Å²) in [6.07, 6.45) is 1.62. The highest BCUT2D eigenvalue weighted by molar-refractivity contribution is 5.85. The fourth-order valence-electron chi connectivity index (χ4n) is 3.40. The summed E-state index contributed by atoms with van der Waals surface area (Å²) in [4.78, 5) is 11.4. The van der Waals surface area contributed by atoms with Gasteiger partial charge in [0.05, 0.1) is 28.4 Å². The fraction of sp³-hybridized carbons (Fsp3) is 0.350. The fourth-order valence-corrected chi connectivity index (χ4v) is 3.40. The number of fused-ring (bicyclic) bond motifs is 3. The summed E-state index contributed by atoms with van der Waals surface area (Å²) >= 11 is 0. The second-order valence-electron chi connectivity index (χ2n) is 5.93. The summed E-state index contributed by atoms with van der Waals surface area (Å²) in [7, 11) is 6.34. The van der Waals surface area contributed by atoms with E-state index in [2.05, 4.69) is 0 Å². The van der Waals surface area contributed by atoms with Crippen molar-refractivity contribution in [3.05, 3.63) is 29.3 Å². The van der Waals surface area contributed by atoms with Crippen LogP contribution in [0, 0.1) is 0 Å². The third-order valence-corrected chi connectivity index (χ3v) is 4.49. The van der Waals surface area contributed by atoms with Gasteiger partial charge in [-0.05, 0) is 47.7 Å². The van der Waals surface area contributed by atoms with Crippen LogP contribution in [0.5, 0.6) is 28.7 Å². The summed E-state index contributed by atoms with van der Waals surface area (Å²) in [5.74, 6) is 2.32. The van der Waals surface area contributed by atoms with Crippen molar-refractivity contribution in [3.63, 3.8) is 0 Å². The Kier molecular flexibility index (Phi) is 4.93. The van der Waals surface area contributed by atoms with Gasteiger partial charge in [-0.2, -0.15) is 0 Å². The van der Waals surface area contributed by atoms with Gasteiger partial charge in [0.25, 0.3) is 0 Å². The van der Waals surface area contributed by atoms with Crippen LogP contribution in [0.1, 0.15) is 18.1 Å². The van der Waals surface area contributed by atoms with Crippen LogP contribution < -0.4 is 23.7 Å². The average molecular weight is 358 g/mol. The molecule has 3 rings (SSSR count). The van der Waals surface area contributed by atoms with E-state index in [1.807, 2.05) is 18.2 Å². The monoisotopic (exact) mass is 358 g/mol. The third-order valence-electron chi connectivity index (χ3n) is 4.49. The third kappa shape index (κ3) is 2.92. The Morgan fingerprint density at radius 1 is 0.769 bits per heavy atom. The van der Waals surface area contributed by atoms with Crippen LogP contribution in [0.4, 0.5) is 0 Å². The molecule has 0 aromatic heterocycles. The van der Waals surface area contributed by atoms with E-state index in [0.717, 1.165) is 35.1 Å². The second kappa shape index (κ2) is 7.15. The van der Waals surface area contributed by atoms with Gasteiger partial charge in [0, 0.05) is 12.5 Å². The summed E-state index contributed by atoms with van der Waals surface area (Å²) < 4.78 is 27.4. The molecular weight excluding hydrogens is 336 g/mol. The Morgan fingerprint density at radius 2 is 1.38 bits per heavy atom. The molecule has 2 aromatic carbocycles. The molecule has 26 heavy (non-hydrogen) atoms. The zero-order valence-electron chi connectivity index (χ0n) is 15.6. The molecule has 0 radical (unpaired) electrons. The first kappa shape index (κ1) is 17.9. The van der Waals surface area contributed by atoms with Gasteiger partial charge >= 0.3 is 5.97 Å². The molecule has 0 atom stereocenters. The zero-order valence-corrected chi connectivity index (χ0v) is 15.6. The number of carbonyl (C=O) groups is 1. The molecule has 0 saturated heterocycles. The Bertz CT molecular complexity index is 856. The molecule has 0 N–H and O–H groups in total. The van der Waals surface area contributed by atoms with Crippen molar-refractivity contribution < 1.29 is 28.5 Å². The van der Waals surface area contributed by atoms with Crippen LogP contribution in [0.15, 0.2) is 18.2 Å². The lowest BCUT2D eigenvalue weighted by Crippen LogP contribution is -2.10. The van der Waals surface area contributed by atoms with Gasteiger partial charge in [-0.15, -0.1) is 0 Å². The Hall–Kier alpha value is -2.89. The van der Waals surface area contributed by atoms with Gasteiger partial charge in [0.1, 0.15) is 0 Å². The lowest BCUT2D eigenvalue weighted by Gasteiger charge is -2.26. The Labute approximate surface area is 152 Å². The van der Waals surface area contributed by atoms with Crippen molar-refractivity contribution in [1.29, 1.82) is 0 Å². The maximum absolute atomic E-state index is 11.4. The highest BCUT2D eigenvalue weighted by Crippen LogP contribution is 2.51. The average Bonchev–Trinajstić information content (AvgIpc) is 2.64.